The molecule has 0 aliphatic carbocycles. The molecule has 29 heavy (non-hydrogen) atoms. The van der Waals surface area contributed by atoms with E-state index in [-0.39, 0.29) is 11.6 Å². The number of pyridine rings is 1. The predicted molar refractivity (Wildman–Crippen MR) is 108 cm³/mol. The molecule has 0 saturated carbocycles. The van der Waals surface area contributed by atoms with E-state index in [0.29, 0.717) is 17.1 Å². The van der Waals surface area contributed by atoms with Gasteiger partial charge in [-0.1, -0.05) is 24.3 Å². The van der Waals surface area contributed by atoms with Gasteiger partial charge < -0.3 is 4.42 Å². The zero-order chi connectivity index (χ0) is 20.2. The van der Waals surface area contributed by atoms with Gasteiger partial charge in [-0.2, -0.15) is 10.2 Å². The lowest BCUT2D eigenvalue weighted by Gasteiger charge is -2.10. The van der Waals surface area contributed by atoms with E-state index in [1.54, 1.807) is 35.3 Å². The Morgan fingerprint density at radius 3 is 2.62 bits per heavy atom. The van der Waals surface area contributed by atoms with Crippen LogP contribution in [0.4, 0.5) is 11.7 Å². The third-order valence-corrected chi connectivity index (χ3v) is 4.12. The van der Waals surface area contributed by atoms with Crippen molar-refractivity contribution in [3.63, 3.8) is 0 Å². The summed E-state index contributed by atoms with van der Waals surface area (Å²) >= 11 is 0. The van der Waals surface area contributed by atoms with Crippen LogP contribution in [0.25, 0.3) is 17.1 Å². The van der Waals surface area contributed by atoms with Crippen molar-refractivity contribution in [2.75, 3.05) is 12.1 Å². The van der Waals surface area contributed by atoms with E-state index >= 15 is 0 Å². The van der Waals surface area contributed by atoms with Gasteiger partial charge in [0.1, 0.15) is 16.4 Å². The molecule has 0 atom stereocenters. The lowest BCUT2D eigenvalue weighted by Crippen LogP contribution is -2.10. The Balaban J connectivity index is 1.73. The van der Waals surface area contributed by atoms with Crippen molar-refractivity contribution >= 4 is 17.9 Å². The Kier molecular flexibility index (Phi) is 4.85. The summed E-state index contributed by atoms with van der Waals surface area (Å²) in [6.07, 6.45) is 5.09. The Morgan fingerprint density at radius 1 is 1.14 bits per heavy atom. The fraction of sp³-hybridized carbons (Fsp3) is 0.0500. The number of aromatic nitrogens is 3. The van der Waals surface area contributed by atoms with Gasteiger partial charge >= 0.3 is 5.88 Å². The molecule has 0 spiro atoms. The number of nitro groups is 1. The first-order valence-electron chi connectivity index (χ1n) is 8.70. The van der Waals surface area contributed by atoms with Crippen LogP contribution in [0.3, 0.4) is 0 Å². The summed E-state index contributed by atoms with van der Waals surface area (Å²) in [5.74, 6) is 0.616. The van der Waals surface area contributed by atoms with Crippen LogP contribution >= 0.6 is 0 Å². The number of rotatable bonds is 6. The van der Waals surface area contributed by atoms with Crippen molar-refractivity contribution in [2.24, 2.45) is 5.10 Å². The van der Waals surface area contributed by atoms with Gasteiger partial charge in [0.15, 0.2) is 5.76 Å². The Hall–Kier alpha value is -4.27. The lowest BCUT2D eigenvalue weighted by atomic mass is 10.2. The lowest BCUT2D eigenvalue weighted by molar-refractivity contribution is -0.401. The molecule has 0 N–H and O–H groups in total. The Labute approximate surface area is 165 Å². The summed E-state index contributed by atoms with van der Waals surface area (Å²) in [6.45, 7) is 0. The summed E-state index contributed by atoms with van der Waals surface area (Å²) in [4.78, 5) is 14.6. The molecule has 4 rings (SSSR count). The molecule has 4 aromatic rings. The molecule has 0 radical (unpaired) electrons. The van der Waals surface area contributed by atoms with Gasteiger partial charge in [0.2, 0.25) is 0 Å². The second kappa shape index (κ2) is 7.77. The van der Waals surface area contributed by atoms with Crippen molar-refractivity contribution < 1.29 is 9.34 Å². The summed E-state index contributed by atoms with van der Waals surface area (Å²) in [5.41, 5.74) is 1.92. The largest absolute Gasteiger partial charge is 0.433 e. The standard InChI is InChI=1S/C20H16N6O3/c1-24(18-9-5-6-12-21-18)22-13-15-14-25(16-7-3-2-4-8-16)23-20(15)17-10-11-19(29-17)26(27)28/h2-14H,1H3. The minimum absolute atomic E-state index is 0.285. The maximum atomic E-state index is 11.0. The summed E-state index contributed by atoms with van der Waals surface area (Å²) in [6, 6.07) is 17.9. The van der Waals surface area contributed by atoms with Crippen molar-refractivity contribution in [3.8, 4) is 17.1 Å². The van der Waals surface area contributed by atoms with Crippen LogP contribution in [0.5, 0.6) is 0 Å². The summed E-state index contributed by atoms with van der Waals surface area (Å²) in [7, 11) is 1.78. The summed E-state index contributed by atoms with van der Waals surface area (Å²) in [5, 5.41) is 21.6. The molecule has 0 fully saturated rings. The number of para-hydroxylation sites is 1. The molecule has 0 bridgehead atoms. The Morgan fingerprint density at radius 2 is 1.93 bits per heavy atom. The topological polar surface area (TPSA) is 103 Å². The zero-order valence-corrected chi connectivity index (χ0v) is 15.4. The molecular weight excluding hydrogens is 372 g/mol. The first-order valence-corrected chi connectivity index (χ1v) is 8.70. The number of nitrogens with zero attached hydrogens (tertiary/aromatic N) is 6. The number of hydrogen-bond acceptors (Lipinski definition) is 7. The molecule has 0 unspecified atom stereocenters. The maximum Gasteiger partial charge on any atom is 0.433 e. The van der Waals surface area contributed by atoms with Gasteiger partial charge in [-0.05, 0) is 30.3 Å². The fourth-order valence-corrected chi connectivity index (χ4v) is 2.69. The molecular formula is C20H16N6O3. The number of hydrogen-bond donors (Lipinski definition) is 0. The molecule has 3 heterocycles. The van der Waals surface area contributed by atoms with Crippen LogP contribution in [0.2, 0.25) is 0 Å². The van der Waals surface area contributed by atoms with Gasteiger partial charge in [0.05, 0.1) is 18.0 Å². The third-order valence-electron chi connectivity index (χ3n) is 4.12. The predicted octanol–water partition coefficient (Wildman–Crippen LogP) is 3.91. The number of furan rings is 1. The van der Waals surface area contributed by atoms with E-state index in [4.69, 9.17) is 4.42 Å². The SMILES string of the molecule is CN(N=Cc1cn(-c2ccccc2)nc1-c1ccc([N+](=O)[O-])o1)c1ccccn1. The van der Waals surface area contributed by atoms with Crippen molar-refractivity contribution in [1.82, 2.24) is 14.8 Å². The Bertz CT molecular complexity index is 1150. The first kappa shape index (κ1) is 18.1. The van der Waals surface area contributed by atoms with Gasteiger partial charge in [-0.15, -0.1) is 0 Å². The van der Waals surface area contributed by atoms with Crippen LogP contribution in [-0.4, -0.2) is 33.0 Å². The number of benzene rings is 1. The normalized spacial score (nSPS) is 11.1. The van der Waals surface area contributed by atoms with Crippen LogP contribution < -0.4 is 5.01 Å². The molecule has 0 saturated heterocycles. The smallest absolute Gasteiger partial charge is 0.399 e. The highest BCUT2D eigenvalue weighted by atomic mass is 16.6. The minimum Gasteiger partial charge on any atom is -0.399 e. The molecule has 0 aliphatic heterocycles. The molecule has 1 aromatic carbocycles. The molecule has 9 heteroatoms. The van der Waals surface area contributed by atoms with Crippen LogP contribution in [0.15, 0.2) is 82.6 Å². The molecule has 0 amide bonds. The average molecular weight is 388 g/mol. The second-order valence-corrected chi connectivity index (χ2v) is 6.06. The van der Waals surface area contributed by atoms with Crippen molar-refractivity contribution in [1.29, 1.82) is 0 Å². The summed E-state index contributed by atoms with van der Waals surface area (Å²) < 4.78 is 7.02. The van der Waals surface area contributed by atoms with Gasteiger partial charge in [0, 0.05) is 25.0 Å². The molecule has 144 valence electrons. The highest BCUT2D eigenvalue weighted by molar-refractivity contribution is 5.88. The van der Waals surface area contributed by atoms with Gasteiger partial charge in [-0.3, -0.25) is 15.1 Å². The van der Waals surface area contributed by atoms with Crippen LogP contribution in [0, 0.1) is 10.1 Å². The van der Waals surface area contributed by atoms with Crippen molar-refractivity contribution in [2.45, 2.75) is 0 Å². The monoisotopic (exact) mass is 388 g/mol. The third kappa shape index (κ3) is 3.88. The average Bonchev–Trinajstić information content (AvgIpc) is 3.40. The van der Waals surface area contributed by atoms with Crippen molar-refractivity contribution in [3.05, 3.63) is 88.7 Å². The molecule has 3 aromatic heterocycles. The van der Waals surface area contributed by atoms with E-state index in [9.17, 15) is 10.1 Å². The maximum absolute atomic E-state index is 11.0. The molecule has 9 nitrogen and oxygen atoms in total. The minimum atomic E-state index is -0.583. The highest BCUT2D eigenvalue weighted by Gasteiger charge is 2.19. The van der Waals surface area contributed by atoms with Crippen LogP contribution in [-0.2, 0) is 0 Å². The van der Waals surface area contributed by atoms with E-state index in [2.05, 4.69) is 15.2 Å². The van der Waals surface area contributed by atoms with Crippen LogP contribution in [0.1, 0.15) is 5.56 Å². The fourth-order valence-electron chi connectivity index (χ4n) is 2.69. The first-order chi connectivity index (χ1) is 14.1. The van der Waals surface area contributed by atoms with E-state index in [1.807, 2.05) is 48.5 Å². The second-order valence-electron chi connectivity index (χ2n) is 6.06. The molecule has 0 aliphatic rings. The number of hydrazone groups is 1. The van der Waals surface area contributed by atoms with E-state index < -0.39 is 4.92 Å². The van der Waals surface area contributed by atoms with E-state index in [1.165, 1.54) is 12.1 Å². The highest BCUT2D eigenvalue weighted by Crippen LogP contribution is 2.28. The number of anilines is 1. The zero-order valence-electron chi connectivity index (χ0n) is 15.4. The van der Waals surface area contributed by atoms with E-state index in [0.717, 1.165) is 5.69 Å². The van der Waals surface area contributed by atoms with Gasteiger partial charge in [-0.25, -0.2) is 9.67 Å². The van der Waals surface area contributed by atoms with Gasteiger partial charge in [0.25, 0.3) is 0 Å². The quantitative estimate of drug-likeness (QED) is 0.282.